The highest BCUT2D eigenvalue weighted by atomic mass is 19.1. The van der Waals surface area contributed by atoms with E-state index in [-0.39, 0.29) is 5.82 Å². The van der Waals surface area contributed by atoms with E-state index in [1.807, 2.05) is 6.07 Å². The Morgan fingerprint density at radius 2 is 2.20 bits per heavy atom. The zero-order valence-electron chi connectivity index (χ0n) is 12.5. The number of hydrogen-bond donors (Lipinski definition) is 1. The van der Waals surface area contributed by atoms with Crippen molar-refractivity contribution in [1.29, 1.82) is 0 Å². The molecule has 1 aliphatic carbocycles. The smallest absolute Gasteiger partial charge is 0.129 e. The molecule has 0 spiro atoms. The predicted octanol–water partition coefficient (Wildman–Crippen LogP) is 2.94. The summed E-state index contributed by atoms with van der Waals surface area (Å²) in [6, 6.07) is 5.93. The van der Waals surface area contributed by atoms with Crippen molar-refractivity contribution in [2.45, 2.75) is 38.8 Å². The Hall–Kier alpha value is -1.13. The fraction of sp³-hybridized carbons (Fsp3) is 0.625. The molecule has 1 aromatic rings. The summed E-state index contributed by atoms with van der Waals surface area (Å²) in [7, 11) is 1.71. The lowest BCUT2D eigenvalue weighted by Crippen LogP contribution is -2.31. The highest BCUT2D eigenvalue weighted by Crippen LogP contribution is 2.34. The lowest BCUT2D eigenvalue weighted by atomic mass is 10.1. The molecule has 0 unspecified atom stereocenters. The number of methoxy groups -OCH3 is 1. The Labute approximate surface area is 121 Å². The maximum atomic E-state index is 14.1. The molecule has 0 amide bonds. The Morgan fingerprint density at radius 1 is 1.40 bits per heavy atom. The van der Waals surface area contributed by atoms with Crippen LogP contribution in [0.5, 0.6) is 0 Å². The Balaban J connectivity index is 2.16. The molecule has 3 nitrogen and oxygen atoms in total. The molecule has 0 atom stereocenters. The number of hydrogen-bond acceptors (Lipinski definition) is 3. The molecule has 1 N–H and O–H groups in total. The minimum Gasteiger partial charge on any atom is -0.383 e. The number of nitrogens with one attached hydrogen (secondary N) is 1. The van der Waals surface area contributed by atoms with Crippen molar-refractivity contribution in [3.05, 3.63) is 29.6 Å². The molecule has 1 saturated carbocycles. The summed E-state index contributed by atoms with van der Waals surface area (Å²) in [6.07, 6.45) is 3.45. The first-order valence-corrected chi connectivity index (χ1v) is 7.51. The van der Waals surface area contributed by atoms with Crippen molar-refractivity contribution in [3.63, 3.8) is 0 Å². The lowest BCUT2D eigenvalue weighted by molar-refractivity contribution is 0.205. The molecular formula is C16H25FN2O. The largest absolute Gasteiger partial charge is 0.383 e. The second-order valence-electron chi connectivity index (χ2n) is 5.33. The fourth-order valence-electron chi connectivity index (χ4n) is 2.46. The SMILES string of the molecule is CCCNCc1c(F)cccc1N(CCOC)C1CC1. The zero-order chi connectivity index (χ0) is 14.4. The van der Waals surface area contributed by atoms with Crippen LogP contribution in [0.2, 0.25) is 0 Å². The van der Waals surface area contributed by atoms with E-state index in [9.17, 15) is 4.39 Å². The first-order chi connectivity index (χ1) is 9.77. The van der Waals surface area contributed by atoms with Gasteiger partial charge in [0, 0.05) is 37.5 Å². The predicted molar refractivity (Wildman–Crippen MR) is 80.6 cm³/mol. The minimum absolute atomic E-state index is 0.117. The summed E-state index contributed by atoms with van der Waals surface area (Å²) in [6.45, 7) is 5.12. The van der Waals surface area contributed by atoms with Crippen molar-refractivity contribution in [3.8, 4) is 0 Å². The Kier molecular flexibility index (Phi) is 5.80. The summed E-state index contributed by atoms with van der Waals surface area (Å²) in [5.41, 5.74) is 1.80. The van der Waals surface area contributed by atoms with Crippen LogP contribution in [0.4, 0.5) is 10.1 Å². The van der Waals surface area contributed by atoms with Crippen LogP contribution < -0.4 is 10.2 Å². The van der Waals surface area contributed by atoms with Crippen LogP contribution in [0, 0.1) is 5.82 Å². The minimum atomic E-state index is -0.117. The maximum absolute atomic E-state index is 14.1. The molecule has 0 heterocycles. The molecule has 2 rings (SSSR count). The third-order valence-electron chi connectivity index (χ3n) is 3.66. The van der Waals surface area contributed by atoms with E-state index in [1.165, 1.54) is 12.8 Å². The van der Waals surface area contributed by atoms with E-state index in [2.05, 4.69) is 17.1 Å². The fourth-order valence-corrected chi connectivity index (χ4v) is 2.46. The van der Waals surface area contributed by atoms with Crippen LogP contribution in [-0.4, -0.2) is 32.8 Å². The number of halogens is 1. The van der Waals surface area contributed by atoms with Gasteiger partial charge >= 0.3 is 0 Å². The zero-order valence-corrected chi connectivity index (χ0v) is 12.5. The van der Waals surface area contributed by atoms with Crippen LogP contribution in [0.3, 0.4) is 0 Å². The summed E-state index contributed by atoms with van der Waals surface area (Å²) in [5.74, 6) is -0.117. The molecule has 20 heavy (non-hydrogen) atoms. The molecule has 1 aliphatic rings. The number of rotatable bonds is 9. The van der Waals surface area contributed by atoms with E-state index < -0.39 is 0 Å². The van der Waals surface area contributed by atoms with Crippen molar-refractivity contribution in [1.82, 2.24) is 5.32 Å². The first kappa shape index (κ1) is 15.3. The summed E-state index contributed by atoms with van der Waals surface area (Å²) < 4.78 is 19.3. The van der Waals surface area contributed by atoms with Crippen LogP contribution in [0.1, 0.15) is 31.7 Å². The number of ether oxygens (including phenoxy) is 1. The second kappa shape index (κ2) is 7.60. The van der Waals surface area contributed by atoms with Gasteiger partial charge in [-0.25, -0.2) is 4.39 Å². The third kappa shape index (κ3) is 3.93. The van der Waals surface area contributed by atoms with Crippen LogP contribution in [0.25, 0.3) is 0 Å². The molecule has 1 aromatic carbocycles. The standard InChI is InChI=1S/C16H25FN2O/c1-3-9-18-12-14-15(17)5-4-6-16(14)19(10-11-20-2)13-7-8-13/h4-6,13,18H,3,7-12H2,1-2H3. The second-order valence-corrected chi connectivity index (χ2v) is 5.33. The molecule has 0 bridgehead atoms. The van der Waals surface area contributed by atoms with E-state index in [4.69, 9.17) is 4.74 Å². The molecule has 0 aliphatic heterocycles. The van der Waals surface area contributed by atoms with Gasteiger partial charge in [-0.1, -0.05) is 13.0 Å². The van der Waals surface area contributed by atoms with Gasteiger partial charge in [0.25, 0.3) is 0 Å². The highest BCUT2D eigenvalue weighted by Gasteiger charge is 2.30. The topological polar surface area (TPSA) is 24.5 Å². The van der Waals surface area contributed by atoms with Crippen LogP contribution >= 0.6 is 0 Å². The van der Waals surface area contributed by atoms with Gasteiger partial charge in [-0.05, 0) is 37.9 Å². The van der Waals surface area contributed by atoms with Crippen molar-refractivity contribution < 1.29 is 9.13 Å². The Bertz CT molecular complexity index is 421. The van der Waals surface area contributed by atoms with Crippen molar-refractivity contribution >= 4 is 5.69 Å². The maximum Gasteiger partial charge on any atom is 0.129 e. The summed E-state index contributed by atoms with van der Waals surface area (Å²) in [4.78, 5) is 2.30. The van der Waals surface area contributed by atoms with E-state index in [1.54, 1.807) is 19.2 Å². The van der Waals surface area contributed by atoms with Gasteiger partial charge in [0.2, 0.25) is 0 Å². The van der Waals surface area contributed by atoms with E-state index in [0.717, 1.165) is 30.8 Å². The van der Waals surface area contributed by atoms with Gasteiger partial charge in [0.15, 0.2) is 0 Å². The van der Waals surface area contributed by atoms with Gasteiger partial charge in [-0.15, -0.1) is 0 Å². The molecule has 0 radical (unpaired) electrons. The number of nitrogens with zero attached hydrogens (tertiary/aromatic N) is 1. The van der Waals surface area contributed by atoms with Crippen molar-refractivity contribution in [2.75, 3.05) is 31.7 Å². The monoisotopic (exact) mass is 280 g/mol. The summed E-state index contributed by atoms with van der Waals surface area (Å²) in [5, 5.41) is 3.30. The highest BCUT2D eigenvalue weighted by molar-refractivity contribution is 5.56. The Morgan fingerprint density at radius 3 is 2.85 bits per heavy atom. The van der Waals surface area contributed by atoms with Gasteiger partial charge in [-0.3, -0.25) is 0 Å². The van der Waals surface area contributed by atoms with Gasteiger partial charge in [-0.2, -0.15) is 0 Å². The van der Waals surface area contributed by atoms with Gasteiger partial charge < -0.3 is 15.0 Å². The van der Waals surface area contributed by atoms with Gasteiger partial charge in [0.05, 0.1) is 6.61 Å². The van der Waals surface area contributed by atoms with Crippen LogP contribution in [0.15, 0.2) is 18.2 Å². The van der Waals surface area contributed by atoms with Crippen molar-refractivity contribution in [2.24, 2.45) is 0 Å². The average molecular weight is 280 g/mol. The van der Waals surface area contributed by atoms with Crippen LogP contribution in [-0.2, 0) is 11.3 Å². The molecule has 4 heteroatoms. The third-order valence-corrected chi connectivity index (χ3v) is 3.66. The quantitative estimate of drug-likeness (QED) is 0.704. The van der Waals surface area contributed by atoms with E-state index >= 15 is 0 Å². The number of benzene rings is 1. The van der Waals surface area contributed by atoms with Gasteiger partial charge in [0.1, 0.15) is 5.82 Å². The molecule has 112 valence electrons. The van der Waals surface area contributed by atoms with E-state index in [0.29, 0.717) is 19.2 Å². The lowest BCUT2D eigenvalue weighted by Gasteiger charge is -2.27. The average Bonchev–Trinajstić information content (AvgIpc) is 3.27. The molecule has 0 aromatic heterocycles. The first-order valence-electron chi connectivity index (χ1n) is 7.51. The normalized spacial score (nSPS) is 14.6. The molecule has 1 fully saturated rings. The summed E-state index contributed by atoms with van der Waals surface area (Å²) >= 11 is 0. The number of anilines is 1. The molecular weight excluding hydrogens is 255 g/mol. The molecule has 0 saturated heterocycles.